The van der Waals surface area contributed by atoms with Crippen LogP contribution in [0.15, 0.2) is 47.5 Å². The highest BCUT2D eigenvalue weighted by Gasteiger charge is 2.24. The van der Waals surface area contributed by atoms with E-state index in [9.17, 15) is 0 Å². The average Bonchev–Trinajstić information content (AvgIpc) is 3.15. The number of aliphatic imine (C=N–C) groups is 1. The number of methoxy groups -OCH3 is 1. The van der Waals surface area contributed by atoms with Gasteiger partial charge in [0.2, 0.25) is 0 Å². The molecule has 166 valence electrons. The molecule has 2 aromatic rings. The highest BCUT2D eigenvalue weighted by atomic mass is 16.5. The van der Waals surface area contributed by atoms with Gasteiger partial charge in [0, 0.05) is 44.4 Å². The molecule has 2 aliphatic heterocycles. The maximum Gasteiger partial charge on any atom is 0.195 e. The first-order chi connectivity index (χ1) is 15.3. The summed E-state index contributed by atoms with van der Waals surface area (Å²) >= 11 is 0. The van der Waals surface area contributed by atoms with Crippen LogP contribution < -0.4 is 29.7 Å². The highest BCUT2D eigenvalue weighted by Crippen LogP contribution is 2.33. The second-order valence-corrected chi connectivity index (χ2v) is 7.83. The number of anilines is 2. The Balaban J connectivity index is 1.39. The number of ether oxygens (including phenoxy) is 3. The summed E-state index contributed by atoms with van der Waals surface area (Å²) in [7, 11) is 1.73. The van der Waals surface area contributed by atoms with Gasteiger partial charge in [-0.25, -0.2) is 0 Å². The van der Waals surface area contributed by atoms with Gasteiger partial charge in [0.1, 0.15) is 5.75 Å². The fourth-order valence-corrected chi connectivity index (χ4v) is 4.00. The van der Waals surface area contributed by atoms with E-state index in [1.807, 2.05) is 30.3 Å². The van der Waals surface area contributed by atoms with Gasteiger partial charge >= 0.3 is 0 Å². The fourth-order valence-electron chi connectivity index (χ4n) is 4.00. The SMILES string of the molecule is CCNC(=NCC1CCN(c2ccccc2OC)C1)Nc1ccc2c(c1)OCCCO2. The van der Waals surface area contributed by atoms with Crippen LogP contribution in [-0.2, 0) is 0 Å². The summed E-state index contributed by atoms with van der Waals surface area (Å²) in [5.74, 6) is 3.79. The van der Waals surface area contributed by atoms with Crippen LogP contribution in [0.2, 0.25) is 0 Å². The lowest BCUT2D eigenvalue weighted by Crippen LogP contribution is -2.31. The van der Waals surface area contributed by atoms with Crippen molar-refractivity contribution in [3.05, 3.63) is 42.5 Å². The van der Waals surface area contributed by atoms with Gasteiger partial charge in [-0.1, -0.05) is 12.1 Å². The van der Waals surface area contributed by atoms with Crippen LogP contribution in [-0.4, -0.2) is 52.5 Å². The van der Waals surface area contributed by atoms with Gasteiger partial charge < -0.3 is 29.7 Å². The van der Waals surface area contributed by atoms with Gasteiger partial charge in [-0.2, -0.15) is 0 Å². The van der Waals surface area contributed by atoms with E-state index in [4.69, 9.17) is 19.2 Å². The lowest BCUT2D eigenvalue weighted by molar-refractivity contribution is 0.297. The van der Waals surface area contributed by atoms with Crippen LogP contribution in [0.5, 0.6) is 17.2 Å². The number of rotatable bonds is 6. The Morgan fingerprint density at radius 2 is 2.00 bits per heavy atom. The summed E-state index contributed by atoms with van der Waals surface area (Å²) in [5.41, 5.74) is 2.10. The lowest BCUT2D eigenvalue weighted by Gasteiger charge is -2.21. The topological polar surface area (TPSA) is 67.4 Å². The molecule has 2 N–H and O–H groups in total. The molecule has 7 nitrogen and oxygen atoms in total. The van der Waals surface area contributed by atoms with E-state index in [1.165, 1.54) is 0 Å². The summed E-state index contributed by atoms with van der Waals surface area (Å²) in [4.78, 5) is 7.25. The molecule has 4 rings (SSSR count). The molecule has 0 aliphatic carbocycles. The molecule has 1 atom stereocenters. The van der Waals surface area contributed by atoms with E-state index in [-0.39, 0.29) is 0 Å². The summed E-state index contributed by atoms with van der Waals surface area (Å²) in [6.45, 7) is 7.01. The third kappa shape index (κ3) is 5.34. The van der Waals surface area contributed by atoms with Crippen molar-refractivity contribution in [3.63, 3.8) is 0 Å². The molecule has 0 aromatic heterocycles. The van der Waals surface area contributed by atoms with Gasteiger partial charge in [-0.05, 0) is 43.5 Å². The minimum Gasteiger partial charge on any atom is -0.495 e. The third-order valence-electron chi connectivity index (χ3n) is 5.57. The molecule has 0 amide bonds. The zero-order valence-corrected chi connectivity index (χ0v) is 18.4. The molecule has 0 spiro atoms. The minimum absolute atomic E-state index is 0.504. The van der Waals surface area contributed by atoms with Crippen molar-refractivity contribution in [1.29, 1.82) is 0 Å². The zero-order valence-electron chi connectivity index (χ0n) is 18.4. The predicted molar refractivity (Wildman–Crippen MR) is 125 cm³/mol. The Labute approximate surface area is 184 Å². The Hall–Kier alpha value is -3.09. The summed E-state index contributed by atoms with van der Waals surface area (Å²) in [5, 5.41) is 6.75. The van der Waals surface area contributed by atoms with Crippen LogP contribution in [0.3, 0.4) is 0 Å². The Bertz CT molecular complexity index is 902. The molecule has 0 bridgehead atoms. The van der Waals surface area contributed by atoms with Gasteiger partial charge in [0.15, 0.2) is 17.5 Å². The first-order valence-electron chi connectivity index (χ1n) is 11.1. The van der Waals surface area contributed by atoms with Gasteiger partial charge in [0.25, 0.3) is 0 Å². The van der Waals surface area contributed by atoms with Crippen LogP contribution >= 0.6 is 0 Å². The van der Waals surface area contributed by atoms with Crippen LogP contribution in [0.25, 0.3) is 0 Å². The van der Waals surface area contributed by atoms with Crippen LogP contribution in [0.1, 0.15) is 19.8 Å². The molecule has 0 radical (unpaired) electrons. The summed E-state index contributed by atoms with van der Waals surface area (Å²) in [6, 6.07) is 14.1. The molecule has 7 heteroatoms. The standard InChI is InChI=1S/C24H32N4O3/c1-3-25-24(27-19-9-10-22-23(15-19)31-14-6-13-30-22)26-16-18-11-12-28(17-18)20-7-4-5-8-21(20)29-2/h4-5,7-10,15,18H,3,6,11-14,16-17H2,1-2H3,(H2,25,26,27). The molecule has 1 saturated heterocycles. The smallest absolute Gasteiger partial charge is 0.195 e. The van der Waals surface area contributed by atoms with Crippen molar-refractivity contribution in [1.82, 2.24) is 5.32 Å². The van der Waals surface area contributed by atoms with E-state index in [1.54, 1.807) is 7.11 Å². The van der Waals surface area contributed by atoms with E-state index in [2.05, 4.69) is 34.6 Å². The molecule has 2 heterocycles. The van der Waals surface area contributed by atoms with Gasteiger partial charge in [-0.3, -0.25) is 4.99 Å². The number of guanidine groups is 1. The largest absolute Gasteiger partial charge is 0.495 e. The molecule has 31 heavy (non-hydrogen) atoms. The maximum absolute atomic E-state index is 5.80. The van der Waals surface area contributed by atoms with Crippen LogP contribution in [0, 0.1) is 5.92 Å². The Morgan fingerprint density at radius 1 is 1.16 bits per heavy atom. The molecule has 1 fully saturated rings. The Kier molecular flexibility index (Phi) is 7.02. The van der Waals surface area contributed by atoms with E-state index in [0.29, 0.717) is 19.1 Å². The highest BCUT2D eigenvalue weighted by molar-refractivity contribution is 5.94. The molecule has 2 aromatic carbocycles. The fraction of sp³-hybridized carbons (Fsp3) is 0.458. The van der Waals surface area contributed by atoms with E-state index >= 15 is 0 Å². The van der Waals surface area contributed by atoms with E-state index < -0.39 is 0 Å². The molecular weight excluding hydrogens is 392 g/mol. The number of nitrogens with one attached hydrogen (secondary N) is 2. The summed E-state index contributed by atoms with van der Waals surface area (Å²) < 4.78 is 17.1. The predicted octanol–water partition coefficient (Wildman–Crippen LogP) is 3.76. The number of nitrogens with zero attached hydrogens (tertiary/aromatic N) is 2. The molecule has 2 aliphatic rings. The number of fused-ring (bicyclic) bond motifs is 1. The molecule has 0 saturated carbocycles. The van der Waals surface area contributed by atoms with Crippen molar-refractivity contribution in [2.45, 2.75) is 19.8 Å². The molecule has 1 unspecified atom stereocenters. The second-order valence-electron chi connectivity index (χ2n) is 7.83. The number of para-hydroxylation sites is 2. The van der Waals surface area contributed by atoms with Crippen molar-refractivity contribution in [2.24, 2.45) is 10.9 Å². The average molecular weight is 425 g/mol. The first kappa shape index (κ1) is 21.2. The number of benzene rings is 2. The number of hydrogen-bond donors (Lipinski definition) is 2. The normalized spacial score (nSPS) is 18.5. The van der Waals surface area contributed by atoms with Gasteiger partial charge in [0.05, 0.1) is 26.0 Å². The minimum atomic E-state index is 0.504. The van der Waals surface area contributed by atoms with E-state index in [0.717, 1.165) is 73.6 Å². The first-order valence-corrected chi connectivity index (χ1v) is 11.1. The van der Waals surface area contributed by atoms with Crippen molar-refractivity contribution < 1.29 is 14.2 Å². The second kappa shape index (κ2) is 10.3. The lowest BCUT2D eigenvalue weighted by atomic mass is 10.1. The van der Waals surface area contributed by atoms with Crippen molar-refractivity contribution in [3.8, 4) is 17.2 Å². The van der Waals surface area contributed by atoms with Crippen molar-refractivity contribution in [2.75, 3.05) is 56.7 Å². The molecular formula is C24H32N4O3. The van der Waals surface area contributed by atoms with Gasteiger partial charge in [-0.15, -0.1) is 0 Å². The van der Waals surface area contributed by atoms with Crippen molar-refractivity contribution >= 4 is 17.3 Å². The number of hydrogen-bond acceptors (Lipinski definition) is 5. The third-order valence-corrected chi connectivity index (χ3v) is 5.57. The maximum atomic E-state index is 5.80. The monoisotopic (exact) mass is 424 g/mol. The zero-order chi connectivity index (χ0) is 21.5. The van der Waals surface area contributed by atoms with Crippen LogP contribution in [0.4, 0.5) is 11.4 Å². The Morgan fingerprint density at radius 3 is 2.84 bits per heavy atom. The summed E-state index contributed by atoms with van der Waals surface area (Å²) in [6.07, 6.45) is 2.01. The quantitative estimate of drug-likeness (QED) is 0.544.